The molecule has 1 fully saturated rings. The van der Waals surface area contributed by atoms with E-state index in [1.165, 1.54) is 16.7 Å². The van der Waals surface area contributed by atoms with Crippen LogP contribution in [0, 0.1) is 5.92 Å². The van der Waals surface area contributed by atoms with Crippen LogP contribution in [0.25, 0.3) is 0 Å². The lowest BCUT2D eigenvalue weighted by Crippen LogP contribution is -2.66. The molecule has 2 aromatic carbocycles. The van der Waals surface area contributed by atoms with Crippen molar-refractivity contribution < 1.29 is 5.11 Å². The largest absolute Gasteiger partial charge is 0.508 e. The first-order valence-corrected chi connectivity index (χ1v) is 9.03. The minimum Gasteiger partial charge on any atom is -0.508 e. The molecule has 24 heavy (non-hydrogen) atoms. The molecule has 3 atom stereocenters. The van der Waals surface area contributed by atoms with Crippen LogP contribution >= 0.6 is 0 Å². The van der Waals surface area contributed by atoms with Crippen molar-refractivity contribution in [3.05, 3.63) is 65.2 Å². The van der Waals surface area contributed by atoms with E-state index < -0.39 is 0 Å². The van der Waals surface area contributed by atoms with Crippen molar-refractivity contribution >= 4 is 0 Å². The zero-order valence-corrected chi connectivity index (χ0v) is 14.9. The lowest BCUT2D eigenvalue weighted by atomic mass is 9.52. The summed E-state index contributed by atoms with van der Waals surface area (Å²) in [6.45, 7) is 5.94. The van der Waals surface area contributed by atoms with Gasteiger partial charge in [-0.1, -0.05) is 50.2 Å². The normalized spacial score (nSPS) is 32.4. The molecule has 1 heterocycles. The number of rotatable bonds is 2. The van der Waals surface area contributed by atoms with Crippen LogP contribution in [0.4, 0.5) is 0 Å². The molecule has 1 aliphatic heterocycles. The molecule has 0 amide bonds. The van der Waals surface area contributed by atoms with Crippen molar-refractivity contribution in [1.29, 1.82) is 0 Å². The zero-order valence-electron chi connectivity index (χ0n) is 14.9. The SMILES string of the molecule is C[C@H]1[C@]2(Cc3ccccc3)Cc3ccc(O)cc3[C@]1(C)CCN2C. The van der Waals surface area contributed by atoms with Gasteiger partial charge < -0.3 is 5.11 Å². The Morgan fingerprint density at radius 3 is 2.67 bits per heavy atom. The molecule has 2 aromatic rings. The number of hydrogen-bond acceptors (Lipinski definition) is 2. The Kier molecular flexibility index (Phi) is 3.50. The molecular formula is C22H27NO. The second-order valence-electron chi connectivity index (χ2n) is 8.09. The molecule has 1 N–H and O–H groups in total. The minimum atomic E-state index is 0.133. The van der Waals surface area contributed by atoms with Crippen LogP contribution in [0.3, 0.4) is 0 Å². The van der Waals surface area contributed by atoms with E-state index in [9.17, 15) is 5.11 Å². The number of phenols is 1. The van der Waals surface area contributed by atoms with E-state index in [1.807, 2.05) is 12.1 Å². The highest BCUT2D eigenvalue weighted by Gasteiger charge is 2.56. The van der Waals surface area contributed by atoms with E-state index in [0.29, 0.717) is 11.7 Å². The van der Waals surface area contributed by atoms with Crippen LogP contribution in [-0.4, -0.2) is 29.1 Å². The van der Waals surface area contributed by atoms with Gasteiger partial charge in [-0.3, -0.25) is 4.90 Å². The van der Waals surface area contributed by atoms with E-state index in [2.05, 4.69) is 62.2 Å². The van der Waals surface area contributed by atoms with Gasteiger partial charge in [-0.2, -0.15) is 0 Å². The molecule has 2 nitrogen and oxygen atoms in total. The van der Waals surface area contributed by atoms with Gasteiger partial charge in [0.15, 0.2) is 0 Å². The van der Waals surface area contributed by atoms with Crippen LogP contribution in [0.15, 0.2) is 48.5 Å². The van der Waals surface area contributed by atoms with Crippen LogP contribution < -0.4 is 0 Å². The van der Waals surface area contributed by atoms with Crippen LogP contribution in [0.2, 0.25) is 0 Å². The van der Waals surface area contributed by atoms with Crippen molar-refractivity contribution in [2.45, 2.75) is 44.1 Å². The number of likely N-dealkylation sites (N-methyl/N-ethyl adjacent to an activating group) is 1. The zero-order chi connectivity index (χ0) is 16.9. The topological polar surface area (TPSA) is 23.5 Å². The van der Waals surface area contributed by atoms with Crippen LogP contribution in [0.1, 0.15) is 37.0 Å². The average molecular weight is 321 g/mol. The Morgan fingerprint density at radius 1 is 1.17 bits per heavy atom. The minimum absolute atomic E-state index is 0.133. The van der Waals surface area contributed by atoms with Gasteiger partial charge in [0.25, 0.3) is 0 Å². The van der Waals surface area contributed by atoms with Gasteiger partial charge in [0.05, 0.1) is 0 Å². The van der Waals surface area contributed by atoms with E-state index >= 15 is 0 Å². The second kappa shape index (κ2) is 5.35. The van der Waals surface area contributed by atoms with E-state index in [1.54, 1.807) is 0 Å². The number of nitrogens with zero attached hydrogens (tertiary/aromatic N) is 1. The summed E-state index contributed by atoms with van der Waals surface area (Å²) in [6, 6.07) is 16.9. The Morgan fingerprint density at radius 2 is 1.92 bits per heavy atom. The molecule has 126 valence electrons. The van der Waals surface area contributed by atoms with Crippen LogP contribution in [-0.2, 0) is 18.3 Å². The van der Waals surface area contributed by atoms with Gasteiger partial charge in [0, 0.05) is 5.54 Å². The van der Waals surface area contributed by atoms with Crippen molar-refractivity contribution in [2.24, 2.45) is 5.92 Å². The highest BCUT2D eigenvalue weighted by Crippen LogP contribution is 2.54. The Labute approximate surface area is 145 Å². The molecule has 2 bridgehead atoms. The third kappa shape index (κ3) is 2.12. The summed E-state index contributed by atoms with van der Waals surface area (Å²) in [5.41, 5.74) is 4.48. The first-order valence-electron chi connectivity index (χ1n) is 9.03. The predicted octanol–water partition coefficient (Wildman–Crippen LogP) is 4.16. The van der Waals surface area contributed by atoms with E-state index in [0.717, 1.165) is 25.8 Å². The average Bonchev–Trinajstić information content (AvgIpc) is 2.58. The molecule has 2 aliphatic rings. The van der Waals surface area contributed by atoms with Gasteiger partial charge in [0.2, 0.25) is 0 Å². The van der Waals surface area contributed by atoms with Crippen molar-refractivity contribution in [2.75, 3.05) is 13.6 Å². The van der Waals surface area contributed by atoms with Gasteiger partial charge in [0.1, 0.15) is 5.75 Å². The molecule has 2 heteroatoms. The molecule has 1 aliphatic carbocycles. The fourth-order valence-electron chi connectivity index (χ4n) is 5.30. The third-order valence-corrected chi connectivity index (χ3v) is 7.05. The number of phenolic OH excluding ortho intramolecular Hbond substituents is 1. The third-order valence-electron chi connectivity index (χ3n) is 7.05. The quantitative estimate of drug-likeness (QED) is 0.898. The van der Waals surface area contributed by atoms with Crippen molar-refractivity contribution in [3.8, 4) is 5.75 Å². The first kappa shape index (κ1) is 15.7. The summed E-state index contributed by atoms with van der Waals surface area (Å²) in [6.07, 6.45) is 3.30. The summed E-state index contributed by atoms with van der Waals surface area (Å²) in [7, 11) is 2.30. The fourth-order valence-corrected chi connectivity index (χ4v) is 5.30. The number of likely N-dealkylation sites (tertiary alicyclic amines) is 1. The van der Waals surface area contributed by atoms with Gasteiger partial charge >= 0.3 is 0 Å². The predicted molar refractivity (Wildman–Crippen MR) is 98.5 cm³/mol. The Bertz CT molecular complexity index is 756. The maximum Gasteiger partial charge on any atom is 0.115 e. The lowest BCUT2D eigenvalue weighted by Gasteiger charge is -2.61. The smallest absolute Gasteiger partial charge is 0.115 e. The van der Waals surface area contributed by atoms with Gasteiger partial charge in [-0.15, -0.1) is 0 Å². The summed E-state index contributed by atoms with van der Waals surface area (Å²) in [5, 5.41) is 10.0. The number of benzene rings is 2. The summed E-state index contributed by atoms with van der Waals surface area (Å²) >= 11 is 0. The number of hydrogen-bond donors (Lipinski definition) is 1. The Balaban J connectivity index is 1.85. The maximum absolute atomic E-state index is 10.0. The molecular weight excluding hydrogens is 294 g/mol. The number of piperidine rings is 1. The van der Waals surface area contributed by atoms with Gasteiger partial charge in [-0.25, -0.2) is 0 Å². The molecule has 0 radical (unpaired) electrons. The van der Waals surface area contributed by atoms with Crippen molar-refractivity contribution in [1.82, 2.24) is 4.90 Å². The standard InChI is InChI=1S/C22H27NO/c1-16-21(2)11-12-23(3)22(16,14-17-7-5-4-6-8-17)15-18-9-10-19(24)13-20(18)21/h4-10,13,16,24H,11-12,14-15H2,1-3H3/t16-,21-,22+/m1/s1. The fraction of sp³-hybridized carbons (Fsp3) is 0.455. The second-order valence-corrected chi connectivity index (χ2v) is 8.09. The molecule has 0 aromatic heterocycles. The molecule has 0 saturated carbocycles. The summed E-state index contributed by atoms with van der Waals surface area (Å²) in [5.74, 6) is 0.940. The first-order chi connectivity index (χ1) is 11.5. The van der Waals surface area contributed by atoms with E-state index in [-0.39, 0.29) is 11.0 Å². The number of fused-ring (bicyclic) bond motifs is 4. The lowest BCUT2D eigenvalue weighted by molar-refractivity contribution is -0.0367. The van der Waals surface area contributed by atoms with Gasteiger partial charge in [-0.05, 0) is 73.0 Å². The van der Waals surface area contributed by atoms with Crippen molar-refractivity contribution in [3.63, 3.8) is 0 Å². The Hall–Kier alpha value is -1.80. The molecule has 0 unspecified atom stereocenters. The molecule has 0 spiro atoms. The summed E-state index contributed by atoms with van der Waals surface area (Å²) in [4.78, 5) is 2.60. The van der Waals surface area contributed by atoms with E-state index in [4.69, 9.17) is 0 Å². The highest BCUT2D eigenvalue weighted by molar-refractivity contribution is 5.46. The van der Waals surface area contributed by atoms with Crippen LogP contribution in [0.5, 0.6) is 5.75 Å². The maximum atomic E-state index is 10.0. The highest BCUT2D eigenvalue weighted by atomic mass is 16.3. The molecule has 1 saturated heterocycles. The monoisotopic (exact) mass is 321 g/mol. The molecule has 4 rings (SSSR count). The number of aromatic hydroxyl groups is 1. The summed E-state index contributed by atoms with van der Waals surface area (Å²) < 4.78 is 0.